The zero-order valence-corrected chi connectivity index (χ0v) is 19.0. The Bertz CT molecular complexity index is 1230. The van der Waals surface area contributed by atoms with E-state index in [-0.39, 0.29) is 59.3 Å². The van der Waals surface area contributed by atoms with E-state index in [0.717, 1.165) is 0 Å². The minimum atomic E-state index is -1.30. The highest BCUT2D eigenvalue weighted by molar-refractivity contribution is 6.30. The fourth-order valence-electron chi connectivity index (χ4n) is 5.21. The van der Waals surface area contributed by atoms with Crippen LogP contribution in [-0.2, 0) is 15.9 Å². The summed E-state index contributed by atoms with van der Waals surface area (Å²) in [4.78, 5) is 26.6. The topological polar surface area (TPSA) is 180 Å². The SMILES string of the molecule is C[C@@H](O)[C@]1(N)Cc2c(O)c3c(c(O)c2[C@H](O[C@H]2C[C@@H](O)[C@H](O)CO2)C1)C(=O)c1ccccc1C3=O. The van der Waals surface area contributed by atoms with Crippen molar-refractivity contribution in [2.75, 3.05) is 6.61 Å². The Morgan fingerprint density at radius 2 is 1.66 bits per heavy atom. The number of carbonyl (C=O) groups is 2. The maximum Gasteiger partial charge on any atom is 0.198 e. The van der Waals surface area contributed by atoms with E-state index < -0.39 is 59.3 Å². The van der Waals surface area contributed by atoms with E-state index in [1.54, 1.807) is 12.1 Å². The van der Waals surface area contributed by atoms with Crippen LogP contribution < -0.4 is 5.73 Å². The van der Waals surface area contributed by atoms with Gasteiger partial charge in [0.2, 0.25) is 0 Å². The van der Waals surface area contributed by atoms with E-state index >= 15 is 0 Å². The summed E-state index contributed by atoms with van der Waals surface area (Å²) >= 11 is 0. The average molecular weight is 485 g/mol. The van der Waals surface area contributed by atoms with E-state index in [9.17, 15) is 35.1 Å². The van der Waals surface area contributed by atoms with Crippen LogP contribution in [0.2, 0.25) is 0 Å². The number of hydrogen-bond acceptors (Lipinski definition) is 10. The van der Waals surface area contributed by atoms with Crippen molar-refractivity contribution in [2.45, 2.75) is 62.4 Å². The van der Waals surface area contributed by atoms with Crippen molar-refractivity contribution in [3.8, 4) is 11.5 Å². The quantitative estimate of drug-likeness (QED) is 0.285. The highest BCUT2D eigenvalue weighted by Gasteiger charge is 2.47. The smallest absolute Gasteiger partial charge is 0.198 e. The Balaban J connectivity index is 1.66. The molecule has 1 heterocycles. The van der Waals surface area contributed by atoms with Crippen LogP contribution in [0.1, 0.15) is 68.8 Å². The number of aromatic hydroxyl groups is 2. The number of hydrogen-bond donors (Lipinski definition) is 6. The van der Waals surface area contributed by atoms with Gasteiger partial charge >= 0.3 is 0 Å². The molecule has 1 saturated heterocycles. The van der Waals surface area contributed by atoms with Crippen LogP contribution in [0.4, 0.5) is 0 Å². The third-order valence-corrected chi connectivity index (χ3v) is 7.33. The zero-order valence-electron chi connectivity index (χ0n) is 19.0. The maximum atomic E-state index is 13.3. The van der Waals surface area contributed by atoms with Gasteiger partial charge in [-0.2, -0.15) is 0 Å². The number of aliphatic hydroxyl groups is 3. The second-order valence-electron chi connectivity index (χ2n) is 9.59. The normalized spacial score (nSPS) is 30.9. The van der Waals surface area contributed by atoms with Crippen molar-refractivity contribution in [2.24, 2.45) is 5.73 Å². The van der Waals surface area contributed by atoms with Crippen molar-refractivity contribution < 1.29 is 44.6 Å². The van der Waals surface area contributed by atoms with Gasteiger partial charge in [0.05, 0.1) is 36.0 Å². The first-order valence-electron chi connectivity index (χ1n) is 11.4. The summed E-state index contributed by atoms with van der Waals surface area (Å²) in [5.41, 5.74) is 4.95. The zero-order chi connectivity index (χ0) is 25.2. The van der Waals surface area contributed by atoms with Crippen LogP contribution in [0.15, 0.2) is 24.3 Å². The molecule has 0 radical (unpaired) electrons. The number of benzene rings is 2. The molecular formula is C25H27NO9. The minimum absolute atomic E-state index is 0.0132. The van der Waals surface area contributed by atoms with Gasteiger partial charge < -0.3 is 40.7 Å². The van der Waals surface area contributed by atoms with Gasteiger partial charge in [0, 0.05) is 34.2 Å². The van der Waals surface area contributed by atoms with E-state index in [1.807, 2.05) is 0 Å². The van der Waals surface area contributed by atoms with Crippen molar-refractivity contribution in [3.63, 3.8) is 0 Å². The summed E-state index contributed by atoms with van der Waals surface area (Å²) in [5, 5.41) is 52.8. The predicted molar refractivity (Wildman–Crippen MR) is 120 cm³/mol. The third kappa shape index (κ3) is 3.65. The number of fused-ring (bicyclic) bond motifs is 3. The molecule has 35 heavy (non-hydrogen) atoms. The molecule has 2 aliphatic carbocycles. The summed E-state index contributed by atoms with van der Waals surface area (Å²) in [6.07, 6.45) is -5.45. The first-order chi connectivity index (χ1) is 16.5. The van der Waals surface area contributed by atoms with Crippen molar-refractivity contribution in [1.82, 2.24) is 0 Å². The number of phenolic OH excluding ortho intramolecular Hbond substituents is 2. The lowest BCUT2D eigenvalue weighted by Crippen LogP contribution is -2.55. The van der Waals surface area contributed by atoms with Gasteiger partial charge in [-0.1, -0.05) is 24.3 Å². The molecule has 0 unspecified atom stereocenters. The highest BCUT2D eigenvalue weighted by Crippen LogP contribution is 2.51. The first kappa shape index (κ1) is 23.9. The number of aliphatic hydroxyl groups excluding tert-OH is 3. The number of rotatable bonds is 3. The number of phenols is 2. The standard InChI is InChI=1S/C25H27NO9/c1-10(27)25(26)7-13-18(16(8-25)35-17-6-14(28)15(29)9-34-17)24(33)20-19(23(13)32)21(30)11-4-2-3-5-12(11)22(20)31/h2-5,10,14-17,27-29,32-33H,6-9,26H2,1H3/t10-,14-,15-,16-,17+,25+/m1/s1. The predicted octanol–water partition coefficient (Wildman–Crippen LogP) is 0.424. The summed E-state index contributed by atoms with van der Waals surface area (Å²) in [7, 11) is 0. The molecule has 0 spiro atoms. The van der Waals surface area contributed by atoms with Gasteiger partial charge in [-0.05, 0) is 19.8 Å². The maximum absolute atomic E-state index is 13.3. The van der Waals surface area contributed by atoms with Crippen LogP contribution in [-0.4, -0.2) is 73.8 Å². The highest BCUT2D eigenvalue weighted by atomic mass is 16.7. The van der Waals surface area contributed by atoms with Crippen LogP contribution in [0.3, 0.4) is 0 Å². The van der Waals surface area contributed by atoms with Gasteiger partial charge in [-0.15, -0.1) is 0 Å². The molecular weight excluding hydrogens is 458 g/mol. The lowest BCUT2D eigenvalue weighted by molar-refractivity contribution is -0.239. The molecule has 1 aliphatic heterocycles. The second kappa shape index (κ2) is 8.37. The molecule has 186 valence electrons. The summed E-state index contributed by atoms with van der Waals surface area (Å²) in [6, 6.07) is 6.15. The molecule has 0 amide bonds. The molecule has 10 nitrogen and oxygen atoms in total. The Labute approximate surface area is 200 Å². The lowest BCUT2D eigenvalue weighted by atomic mass is 9.70. The number of ether oxygens (including phenoxy) is 2. The summed E-state index contributed by atoms with van der Waals surface area (Å²) in [5.74, 6) is -2.22. The molecule has 2 aromatic carbocycles. The van der Waals surface area contributed by atoms with Crippen molar-refractivity contribution >= 4 is 11.6 Å². The number of nitrogens with two attached hydrogens (primary N) is 1. The Morgan fingerprint density at radius 3 is 2.23 bits per heavy atom. The van der Waals surface area contributed by atoms with Crippen molar-refractivity contribution in [3.05, 3.63) is 57.6 Å². The van der Waals surface area contributed by atoms with Gasteiger partial charge in [-0.25, -0.2) is 0 Å². The summed E-state index contributed by atoms with van der Waals surface area (Å²) in [6.45, 7) is 1.31. The molecule has 7 N–H and O–H groups in total. The summed E-state index contributed by atoms with van der Waals surface area (Å²) < 4.78 is 11.5. The molecule has 1 fully saturated rings. The first-order valence-corrected chi connectivity index (χ1v) is 11.4. The lowest BCUT2D eigenvalue weighted by Gasteiger charge is -2.43. The molecule has 0 saturated carbocycles. The number of carbonyl (C=O) groups excluding carboxylic acids is 2. The Kier molecular flexibility index (Phi) is 5.71. The molecule has 10 heteroatoms. The Hall–Kier alpha value is -2.86. The van der Waals surface area contributed by atoms with Gasteiger partial charge in [0.25, 0.3) is 0 Å². The molecule has 3 aliphatic rings. The van der Waals surface area contributed by atoms with Crippen LogP contribution >= 0.6 is 0 Å². The number of ketones is 2. The van der Waals surface area contributed by atoms with E-state index in [0.29, 0.717) is 0 Å². The van der Waals surface area contributed by atoms with Gasteiger partial charge in [0.1, 0.15) is 17.6 Å². The van der Waals surface area contributed by atoms with Crippen LogP contribution in [0, 0.1) is 0 Å². The van der Waals surface area contributed by atoms with E-state index in [1.165, 1.54) is 19.1 Å². The van der Waals surface area contributed by atoms with Crippen molar-refractivity contribution in [1.29, 1.82) is 0 Å². The largest absolute Gasteiger partial charge is 0.507 e. The molecule has 5 rings (SSSR count). The third-order valence-electron chi connectivity index (χ3n) is 7.33. The fraction of sp³-hybridized carbons (Fsp3) is 0.440. The van der Waals surface area contributed by atoms with E-state index in [4.69, 9.17) is 15.2 Å². The van der Waals surface area contributed by atoms with Crippen LogP contribution in [0.5, 0.6) is 11.5 Å². The fourth-order valence-corrected chi connectivity index (χ4v) is 5.21. The van der Waals surface area contributed by atoms with E-state index in [2.05, 4.69) is 0 Å². The Morgan fingerprint density at radius 1 is 1.06 bits per heavy atom. The van der Waals surface area contributed by atoms with Crippen LogP contribution in [0.25, 0.3) is 0 Å². The molecule has 0 aromatic heterocycles. The average Bonchev–Trinajstić information content (AvgIpc) is 2.82. The molecule has 2 aromatic rings. The minimum Gasteiger partial charge on any atom is -0.507 e. The van der Waals surface area contributed by atoms with Gasteiger partial charge in [-0.3, -0.25) is 9.59 Å². The second-order valence-corrected chi connectivity index (χ2v) is 9.59. The molecule has 6 atom stereocenters. The monoisotopic (exact) mass is 485 g/mol. The molecule has 0 bridgehead atoms. The van der Waals surface area contributed by atoms with Gasteiger partial charge in [0.15, 0.2) is 17.9 Å².